The number of hydrogen-bond donors (Lipinski definition) is 0. The number of aromatic nitrogens is 1. The molecule has 1 aliphatic rings. The second-order valence-corrected chi connectivity index (χ2v) is 10.1. The van der Waals surface area contributed by atoms with Crippen LogP contribution in [0.4, 0.5) is 0 Å². The summed E-state index contributed by atoms with van der Waals surface area (Å²) in [5.41, 5.74) is 3.20. The zero-order valence-corrected chi connectivity index (χ0v) is 22.5. The van der Waals surface area contributed by atoms with Crippen molar-refractivity contribution in [1.29, 1.82) is 0 Å². The largest absolute Gasteiger partial charge is 0.489 e. The lowest BCUT2D eigenvalue weighted by atomic mass is 9.96. The molecule has 1 aromatic heterocycles. The lowest BCUT2D eigenvalue weighted by Crippen LogP contribution is -2.39. The van der Waals surface area contributed by atoms with E-state index in [1.807, 2.05) is 84.9 Å². The van der Waals surface area contributed by atoms with Gasteiger partial charge in [-0.1, -0.05) is 83.6 Å². The normalized spacial score (nSPS) is 15.1. The number of ether oxygens (including phenoxy) is 2. The van der Waals surface area contributed by atoms with Crippen molar-refractivity contribution in [2.24, 2.45) is 4.99 Å². The first kappa shape index (κ1) is 25.7. The maximum Gasteiger partial charge on any atom is 0.338 e. The van der Waals surface area contributed by atoms with E-state index in [1.165, 1.54) is 11.3 Å². The predicted octanol–water partition coefficient (Wildman–Crippen LogP) is 5.03. The number of halogens is 1. The van der Waals surface area contributed by atoms with E-state index in [1.54, 1.807) is 18.4 Å². The highest BCUT2D eigenvalue weighted by Crippen LogP contribution is 2.30. The van der Waals surface area contributed by atoms with Crippen LogP contribution in [-0.4, -0.2) is 17.1 Å². The summed E-state index contributed by atoms with van der Waals surface area (Å²) >= 11 is 7.53. The van der Waals surface area contributed by atoms with Gasteiger partial charge in [0.25, 0.3) is 5.56 Å². The Labute approximate surface area is 228 Å². The molecule has 0 bridgehead atoms. The average Bonchev–Trinajstić information content (AvgIpc) is 3.22. The second-order valence-electron chi connectivity index (χ2n) is 8.67. The molecule has 0 amide bonds. The highest BCUT2D eigenvalue weighted by molar-refractivity contribution is 7.07. The maximum absolute atomic E-state index is 13.7. The topological polar surface area (TPSA) is 69.9 Å². The van der Waals surface area contributed by atoms with E-state index in [0.717, 1.165) is 16.7 Å². The smallest absolute Gasteiger partial charge is 0.338 e. The van der Waals surface area contributed by atoms with Crippen molar-refractivity contribution in [2.45, 2.75) is 26.5 Å². The van der Waals surface area contributed by atoms with Crippen LogP contribution in [-0.2, 0) is 16.1 Å². The molecule has 3 aromatic carbocycles. The molecule has 0 saturated carbocycles. The molecule has 6 nitrogen and oxygen atoms in total. The Kier molecular flexibility index (Phi) is 7.58. The molecule has 0 unspecified atom stereocenters. The summed E-state index contributed by atoms with van der Waals surface area (Å²) in [6.45, 7) is 4.10. The lowest BCUT2D eigenvalue weighted by Gasteiger charge is -2.24. The average molecular weight is 545 g/mol. The number of carbonyl (C=O) groups is 1. The minimum atomic E-state index is -0.626. The van der Waals surface area contributed by atoms with Gasteiger partial charge in [0.15, 0.2) is 4.80 Å². The van der Waals surface area contributed by atoms with Crippen LogP contribution in [0, 0.1) is 0 Å². The van der Waals surface area contributed by atoms with Crippen molar-refractivity contribution in [3.63, 3.8) is 0 Å². The van der Waals surface area contributed by atoms with Crippen LogP contribution in [0.2, 0.25) is 5.02 Å². The van der Waals surface area contributed by atoms with E-state index in [2.05, 4.69) is 4.99 Å². The number of fused-ring (bicyclic) bond motifs is 1. The zero-order chi connectivity index (χ0) is 26.6. The van der Waals surface area contributed by atoms with E-state index in [0.29, 0.717) is 38.0 Å². The molecule has 2 heterocycles. The third-order valence-electron chi connectivity index (χ3n) is 6.14. The second kappa shape index (κ2) is 11.2. The predicted molar refractivity (Wildman–Crippen MR) is 149 cm³/mol. The van der Waals surface area contributed by atoms with Crippen molar-refractivity contribution in [3.8, 4) is 5.75 Å². The standard InChI is InChI=1S/C30H25ClN2O4S/c1-3-36-29(35)26-19(2)32-30-33(27(26)21-11-5-4-6-12-21)28(34)25(38-30)17-20-10-9-14-23(16-20)37-18-22-13-7-8-15-24(22)31/h4-17,27H,3,18H2,1-2H3/b25-17+/t27-/m0/s1. The van der Waals surface area contributed by atoms with Crippen molar-refractivity contribution in [2.75, 3.05) is 6.61 Å². The summed E-state index contributed by atoms with van der Waals surface area (Å²) in [5, 5.41) is 0.648. The Balaban J connectivity index is 1.54. The molecule has 38 heavy (non-hydrogen) atoms. The number of esters is 1. The Bertz CT molecular complexity index is 1710. The molecule has 8 heteroatoms. The highest BCUT2D eigenvalue weighted by atomic mass is 35.5. The SMILES string of the molecule is CCOC(=O)C1=C(C)N=c2s/c(=C/c3cccc(OCc4ccccc4Cl)c3)c(=O)n2[C@H]1c1ccccc1. The maximum atomic E-state index is 13.7. The van der Waals surface area contributed by atoms with Gasteiger partial charge >= 0.3 is 5.97 Å². The molecule has 0 aliphatic carbocycles. The van der Waals surface area contributed by atoms with Crippen LogP contribution in [0.1, 0.15) is 36.6 Å². The molecule has 0 spiro atoms. The monoisotopic (exact) mass is 544 g/mol. The van der Waals surface area contributed by atoms with E-state index < -0.39 is 12.0 Å². The molecule has 1 aliphatic heterocycles. The van der Waals surface area contributed by atoms with Gasteiger partial charge in [0, 0.05) is 10.6 Å². The van der Waals surface area contributed by atoms with Crippen molar-refractivity contribution >= 4 is 35.0 Å². The van der Waals surface area contributed by atoms with E-state index >= 15 is 0 Å². The van der Waals surface area contributed by atoms with E-state index in [4.69, 9.17) is 21.1 Å². The third kappa shape index (κ3) is 5.21. The molecule has 0 radical (unpaired) electrons. The van der Waals surface area contributed by atoms with Gasteiger partial charge in [0.1, 0.15) is 12.4 Å². The molecule has 1 atom stereocenters. The first-order chi connectivity index (χ1) is 18.5. The van der Waals surface area contributed by atoms with Crippen molar-refractivity contribution < 1.29 is 14.3 Å². The van der Waals surface area contributed by atoms with Gasteiger partial charge in [-0.2, -0.15) is 0 Å². The van der Waals surface area contributed by atoms with Crippen LogP contribution in [0.25, 0.3) is 6.08 Å². The number of nitrogens with zero attached hydrogens (tertiary/aromatic N) is 2. The van der Waals surface area contributed by atoms with Gasteiger partial charge < -0.3 is 9.47 Å². The van der Waals surface area contributed by atoms with Crippen LogP contribution in [0.15, 0.2) is 99.9 Å². The van der Waals surface area contributed by atoms with Gasteiger partial charge in [-0.3, -0.25) is 9.36 Å². The van der Waals surface area contributed by atoms with Crippen LogP contribution < -0.4 is 19.6 Å². The lowest BCUT2D eigenvalue weighted by molar-refractivity contribution is -0.139. The Morgan fingerprint density at radius 2 is 1.84 bits per heavy atom. The summed E-state index contributed by atoms with van der Waals surface area (Å²) in [6, 6.07) is 23.9. The quantitative estimate of drug-likeness (QED) is 0.306. The van der Waals surface area contributed by atoms with Crippen LogP contribution in [0.5, 0.6) is 5.75 Å². The van der Waals surface area contributed by atoms with Gasteiger partial charge in [-0.15, -0.1) is 0 Å². The van der Waals surface area contributed by atoms with Crippen LogP contribution >= 0.6 is 22.9 Å². The number of thiazole rings is 1. The Morgan fingerprint density at radius 3 is 2.61 bits per heavy atom. The fourth-order valence-electron chi connectivity index (χ4n) is 4.36. The van der Waals surface area contributed by atoms with Gasteiger partial charge in [-0.05, 0) is 49.2 Å². The van der Waals surface area contributed by atoms with Gasteiger partial charge in [-0.25, -0.2) is 9.79 Å². The molecule has 4 aromatic rings. The number of rotatable bonds is 7. The number of carbonyl (C=O) groups excluding carboxylic acids is 1. The fourth-order valence-corrected chi connectivity index (χ4v) is 5.60. The van der Waals surface area contributed by atoms with Crippen molar-refractivity contribution in [1.82, 2.24) is 4.57 Å². The summed E-state index contributed by atoms with van der Waals surface area (Å²) in [7, 11) is 0. The number of allylic oxidation sites excluding steroid dienone is 1. The fraction of sp³-hybridized carbons (Fsp3) is 0.167. The highest BCUT2D eigenvalue weighted by Gasteiger charge is 2.33. The molecule has 192 valence electrons. The third-order valence-corrected chi connectivity index (χ3v) is 7.49. The van der Waals surface area contributed by atoms with E-state index in [-0.39, 0.29) is 12.2 Å². The Hall–Kier alpha value is -3.94. The Morgan fingerprint density at radius 1 is 1.08 bits per heavy atom. The molecular formula is C30H25ClN2O4S. The number of benzene rings is 3. The summed E-state index contributed by atoms with van der Waals surface area (Å²) < 4.78 is 13.4. The van der Waals surface area contributed by atoms with Crippen LogP contribution in [0.3, 0.4) is 0 Å². The van der Waals surface area contributed by atoms with Crippen molar-refractivity contribution in [3.05, 3.63) is 132 Å². The first-order valence-corrected chi connectivity index (χ1v) is 13.4. The summed E-state index contributed by atoms with van der Waals surface area (Å²) in [4.78, 5) is 31.8. The van der Waals surface area contributed by atoms with Gasteiger partial charge in [0.05, 0.1) is 28.5 Å². The zero-order valence-electron chi connectivity index (χ0n) is 20.9. The molecule has 0 fully saturated rings. The molecular weight excluding hydrogens is 520 g/mol. The van der Waals surface area contributed by atoms with E-state index in [9.17, 15) is 9.59 Å². The molecule has 0 N–H and O–H groups in total. The summed E-state index contributed by atoms with van der Waals surface area (Å²) in [5.74, 6) is 0.189. The molecule has 0 saturated heterocycles. The minimum absolute atomic E-state index is 0.223. The minimum Gasteiger partial charge on any atom is -0.489 e. The van der Waals surface area contributed by atoms with Gasteiger partial charge in [0.2, 0.25) is 0 Å². The molecule has 5 rings (SSSR count). The first-order valence-electron chi connectivity index (χ1n) is 12.2. The number of hydrogen-bond acceptors (Lipinski definition) is 6. The summed E-state index contributed by atoms with van der Waals surface area (Å²) in [6.07, 6.45) is 1.82.